The van der Waals surface area contributed by atoms with Crippen molar-refractivity contribution in [3.8, 4) is 0 Å². The highest BCUT2D eigenvalue weighted by molar-refractivity contribution is 8.00. The van der Waals surface area contributed by atoms with E-state index in [4.69, 9.17) is 27.9 Å². The van der Waals surface area contributed by atoms with Crippen molar-refractivity contribution in [1.29, 1.82) is 0 Å². The number of carbonyl (C=O) groups excluding carboxylic acids is 4. The second-order valence-corrected chi connectivity index (χ2v) is 11.1. The maximum atomic E-state index is 13.0. The molecule has 0 aliphatic carbocycles. The molecule has 8 nitrogen and oxygen atoms in total. The number of thioether (sulfide) groups is 1. The molecule has 0 saturated carbocycles. The normalized spacial score (nSPS) is 17.3. The van der Waals surface area contributed by atoms with Gasteiger partial charge in [-0.3, -0.25) is 14.4 Å². The van der Waals surface area contributed by atoms with Crippen LogP contribution in [0, 0.1) is 0 Å². The second-order valence-electron chi connectivity index (χ2n) is 8.70. The van der Waals surface area contributed by atoms with E-state index in [-0.39, 0.29) is 27.9 Å². The molecule has 2 unspecified atom stereocenters. The zero-order valence-electron chi connectivity index (χ0n) is 20.3. The van der Waals surface area contributed by atoms with E-state index < -0.39 is 34.7 Å². The summed E-state index contributed by atoms with van der Waals surface area (Å²) in [5, 5.41) is 5.95. The Kier molecular flexibility index (Phi) is 8.92. The van der Waals surface area contributed by atoms with Crippen LogP contribution in [0.25, 0.3) is 0 Å². The third-order valence-corrected chi connectivity index (χ3v) is 7.79. The summed E-state index contributed by atoms with van der Waals surface area (Å²) in [6.45, 7) is 5.18. The van der Waals surface area contributed by atoms with Crippen LogP contribution in [0.5, 0.6) is 0 Å². The van der Waals surface area contributed by atoms with Crippen molar-refractivity contribution in [2.24, 2.45) is 0 Å². The molecule has 1 fully saturated rings. The number of amides is 3. The Hall–Kier alpha value is -2.75. The number of halogens is 2. The molecule has 11 heteroatoms. The smallest absolute Gasteiger partial charge is 0.328 e. The van der Waals surface area contributed by atoms with Crippen molar-refractivity contribution in [2.45, 2.75) is 44.1 Å². The Morgan fingerprint density at radius 1 is 1.11 bits per heavy atom. The number of hydrogen-bond donors (Lipinski definition) is 2. The van der Waals surface area contributed by atoms with E-state index in [1.807, 2.05) is 13.8 Å². The van der Waals surface area contributed by atoms with Crippen molar-refractivity contribution < 1.29 is 23.9 Å². The first-order valence-electron chi connectivity index (χ1n) is 11.1. The number of ether oxygens (including phenoxy) is 1. The molecule has 2 atom stereocenters. The fourth-order valence-electron chi connectivity index (χ4n) is 4.07. The molecule has 1 aliphatic rings. The Labute approximate surface area is 224 Å². The summed E-state index contributed by atoms with van der Waals surface area (Å²) < 4.78 is 4.89. The highest BCUT2D eigenvalue weighted by atomic mass is 35.5. The quantitative estimate of drug-likeness (QED) is 0.501. The number of rotatable bonds is 7. The molecule has 0 spiro atoms. The Morgan fingerprint density at radius 3 is 2.28 bits per heavy atom. The second kappa shape index (κ2) is 11.5. The van der Waals surface area contributed by atoms with E-state index in [9.17, 15) is 19.2 Å². The molecule has 3 rings (SSSR count). The molecule has 1 saturated heterocycles. The van der Waals surface area contributed by atoms with E-state index in [1.54, 1.807) is 42.5 Å². The number of nitrogens with zero attached hydrogens (tertiary/aromatic N) is 1. The topological polar surface area (TPSA) is 105 Å². The van der Waals surface area contributed by atoms with Gasteiger partial charge >= 0.3 is 5.97 Å². The molecule has 0 radical (unpaired) electrons. The van der Waals surface area contributed by atoms with E-state index in [2.05, 4.69) is 10.6 Å². The summed E-state index contributed by atoms with van der Waals surface area (Å²) in [6, 6.07) is 9.95. The third kappa shape index (κ3) is 6.32. The first kappa shape index (κ1) is 27.8. The minimum Gasteiger partial charge on any atom is -0.467 e. The van der Waals surface area contributed by atoms with E-state index in [1.165, 1.54) is 30.7 Å². The predicted molar refractivity (Wildman–Crippen MR) is 141 cm³/mol. The number of benzene rings is 2. The summed E-state index contributed by atoms with van der Waals surface area (Å²) in [7, 11) is 1.25. The maximum Gasteiger partial charge on any atom is 0.328 e. The monoisotopic (exact) mass is 551 g/mol. The van der Waals surface area contributed by atoms with Crippen LogP contribution in [0.3, 0.4) is 0 Å². The van der Waals surface area contributed by atoms with Crippen molar-refractivity contribution >= 4 is 64.3 Å². The van der Waals surface area contributed by atoms with E-state index in [0.29, 0.717) is 11.4 Å². The van der Waals surface area contributed by atoms with Crippen molar-refractivity contribution in [3.05, 3.63) is 63.6 Å². The molecule has 2 aromatic rings. The Balaban J connectivity index is 1.70. The largest absolute Gasteiger partial charge is 0.467 e. The SMILES string of the molecule is COC(=O)C(Cc1ccc(NC(=O)c2c(Cl)cccc2Cl)cc1)NC(=O)C1CSC(C)(C)N1C(C)=O. The molecule has 1 aliphatic heterocycles. The van der Waals surface area contributed by atoms with Gasteiger partial charge in [0.05, 0.1) is 27.6 Å². The number of methoxy groups -OCH3 is 1. The number of nitrogens with one attached hydrogen (secondary N) is 2. The average molecular weight is 552 g/mol. The van der Waals surface area contributed by atoms with Crippen LogP contribution in [0.15, 0.2) is 42.5 Å². The summed E-state index contributed by atoms with van der Waals surface area (Å²) in [6.07, 6.45) is 0.159. The molecule has 2 N–H and O–H groups in total. The van der Waals surface area contributed by atoms with Crippen molar-refractivity contribution in [2.75, 3.05) is 18.2 Å². The highest BCUT2D eigenvalue weighted by Crippen LogP contribution is 2.39. The maximum absolute atomic E-state index is 13.0. The first-order chi connectivity index (χ1) is 16.9. The summed E-state index contributed by atoms with van der Waals surface area (Å²) in [5.74, 6) is -1.26. The van der Waals surface area contributed by atoms with Crippen LogP contribution in [0.1, 0.15) is 36.7 Å². The van der Waals surface area contributed by atoms with Gasteiger partial charge in [0.25, 0.3) is 5.91 Å². The van der Waals surface area contributed by atoms with Crippen LogP contribution in [0.2, 0.25) is 10.0 Å². The van der Waals surface area contributed by atoms with Crippen molar-refractivity contribution in [3.63, 3.8) is 0 Å². The molecule has 0 aromatic heterocycles. The lowest BCUT2D eigenvalue weighted by Gasteiger charge is -2.33. The van der Waals surface area contributed by atoms with Gasteiger partial charge in [0.15, 0.2) is 0 Å². The number of carbonyl (C=O) groups is 4. The van der Waals surface area contributed by atoms with Crippen LogP contribution in [-0.4, -0.2) is 58.4 Å². The van der Waals surface area contributed by atoms with Gasteiger partial charge < -0.3 is 20.3 Å². The number of esters is 1. The highest BCUT2D eigenvalue weighted by Gasteiger charge is 2.45. The molecular weight excluding hydrogens is 525 g/mol. The molecule has 0 bridgehead atoms. The minimum absolute atomic E-state index is 0.159. The van der Waals surface area contributed by atoms with Crippen molar-refractivity contribution in [1.82, 2.24) is 10.2 Å². The lowest BCUT2D eigenvalue weighted by molar-refractivity contribution is -0.146. The van der Waals surface area contributed by atoms with Gasteiger partial charge in [0.2, 0.25) is 11.8 Å². The van der Waals surface area contributed by atoms with Gasteiger partial charge in [-0.15, -0.1) is 11.8 Å². The standard InChI is InChI=1S/C25H27Cl2N3O5S/c1-14(31)30-20(13-36-25(30,2)3)22(32)29-19(24(34)35-4)12-15-8-10-16(11-9-15)28-23(33)21-17(26)6-5-7-18(21)27/h5-11,19-20H,12-13H2,1-4H3,(H,28,33)(H,29,32). The molecular formula is C25H27Cl2N3O5S. The van der Waals surface area contributed by atoms with E-state index >= 15 is 0 Å². The zero-order chi connectivity index (χ0) is 26.6. The first-order valence-corrected chi connectivity index (χ1v) is 12.8. The Bertz CT molecular complexity index is 1150. The molecule has 1 heterocycles. The van der Waals surface area contributed by atoms with Gasteiger partial charge in [-0.05, 0) is 43.7 Å². The molecule has 192 valence electrons. The molecule has 36 heavy (non-hydrogen) atoms. The Morgan fingerprint density at radius 2 is 1.72 bits per heavy atom. The van der Waals surface area contributed by atoms with Crippen LogP contribution >= 0.6 is 35.0 Å². The van der Waals surface area contributed by atoms with E-state index in [0.717, 1.165) is 5.56 Å². The van der Waals surface area contributed by atoms with Gasteiger partial charge in [0.1, 0.15) is 12.1 Å². The van der Waals surface area contributed by atoms with Gasteiger partial charge in [-0.25, -0.2) is 4.79 Å². The van der Waals surface area contributed by atoms with Crippen LogP contribution < -0.4 is 10.6 Å². The van der Waals surface area contributed by atoms with Gasteiger partial charge in [0, 0.05) is 24.8 Å². The third-order valence-electron chi connectivity index (χ3n) is 5.77. The minimum atomic E-state index is -0.951. The van der Waals surface area contributed by atoms with Gasteiger partial charge in [-0.2, -0.15) is 0 Å². The number of hydrogen-bond acceptors (Lipinski definition) is 6. The predicted octanol–water partition coefficient (Wildman–Crippen LogP) is 4.15. The summed E-state index contributed by atoms with van der Waals surface area (Å²) in [4.78, 5) is 51.3. The molecule has 2 aromatic carbocycles. The number of anilines is 1. The van der Waals surface area contributed by atoms with Crippen LogP contribution in [0.4, 0.5) is 5.69 Å². The average Bonchev–Trinajstić information content (AvgIpc) is 3.14. The van der Waals surface area contributed by atoms with Gasteiger partial charge in [-0.1, -0.05) is 41.4 Å². The molecule has 3 amide bonds. The summed E-state index contributed by atoms with van der Waals surface area (Å²) in [5.41, 5.74) is 1.40. The lowest BCUT2D eigenvalue weighted by atomic mass is 10.0. The van der Waals surface area contributed by atoms with Crippen LogP contribution in [-0.2, 0) is 25.5 Å². The zero-order valence-corrected chi connectivity index (χ0v) is 22.6. The fraction of sp³-hybridized carbons (Fsp3) is 0.360. The summed E-state index contributed by atoms with van der Waals surface area (Å²) >= 11 is 13.7. The fourth-order valence-corrected chi connectivity index (χ4v) is 5.90. The lowest BCUT2D eigenvalue weighted by Crippen LogP contribution is -2.55.